The second-order valence-corrected chi connectivity index (χ2v) is 10.2. The summed E-state index contributed by atoms with van der Waals surface area (Å²) in [5.74, 6) is -1.06. The first kappa shape index (κ1) is 30.8. The number of carbonyl (C=O) groups is 1. The number of hydrogen-bond acceptors (Lipinski definition) is 7. The summed E-state index contributed by atoms with van der Waals surface area (Å²) in [5.41, 5.74) is 0.306. The topological polar surface area (TPSA) is 140 Å². The Morgan fingerprint density at radius 3 is 2.49 bits per heavy atom. The summed E-state index contributed by atoms with van der Waals surface area (Å²) in [5, 5.41) is 25.3. The van der Waals surface area contributed by atoms with Crippen molar-refractivity contribution in [2.45, 2.75) is 18.7 Å². The first-order chi connectivity index (χ1) is 18.0. The molecular weight excluding hydrogens is 576 g/mol. The van der Waals surface area contributed by atoms with Crippen LogP contribution in [0.3, 0.4) is 0 Å². The molecule has 0 aromatic heterocycles. The molecule has 0 atom stereocenters. The number of fused-ring (bicyclic) bond motifs is 1. The van der Waals surface area contributed by atoms with E-state index in [0.29, 0.717) is 23.1 Å². The molecule has 0 radical (unpaired) electrons. The molecule has 4 aromatic carbocycles. The maximum atomic E-state index is 13.5. The number of azo groups is 1. The van der Waals surface area contributed by atoms with Gasteiger partial charge in [-0.2, -0.15) is 18.6 Å². The Labute approximate surface area is 256 Å². The van der Waals surface area contributed by atoms with E-state index in [-0.39, 0.29) is 67.8 Å². The molecule has 196 valence electrons. The van der Waals surface area contributed by atoms with Crippen molar-refractivity contribution in [3.05, 3.63) is 81.8 Å². The molecule has 13 heteroatoms. The maximum absolute atomic E-state index is 13.5. The van der Waals surface area contributed by atoms with Gasteiger partial charge in [-0.3, -0.25) is 9.35 Å². The average molecular weight is 596 g/mol. The number of anilines is 1. The van der Waals surface area contributed by atoms with Crippen LogP contribution in [-0.4, -0.2) is 25.5 Å². The summed E-state index contributed by atoms with van der Waals surface area (Å²) >= 11 is 12.4. The summed E-state index contributed by atoms with van der Waals surface area (Å²) in [4.78, 5) is 12.8. The van der Waals surface area contributed by atoms with E-state index in [1.807, 2.05) is 0 Å². The molecule has 0 aliphatic carbocycles. The van der Waals surface area contributed by atoms with Crippen molar-refractivity contribution in [1.29, 1.82) is 0 Å². The summed E-state index contributed by atoms with van der Waals surface area (Å²) < 4.78 is 37.9. The molecule has 0 heterocycles. The van der Waals surface area contributed by atoms with Crippen molar-refractivity contribution in [2.75, 3.05) is 11.9 Å². The van der Waals surface area contributed by atoms with E-state index >= 15 is 0 Å². The molecule has 2 N–H and O–H groups in total. The largest absolute Gasteiger partial charge is 1.00 e. The van der Waals surface area contributed by atoms with E-state index in [1.54, 1.807) is 49.4 Å². The van der Waals surface area contributed by atoms with Crippen molar-refractivity contribution >= 4 is 67.1 Å². The number of benzene rings is 4. The molecule has 39 heavy (non-hydrogen) atoms. The monoisotopic (exact) mass is 595 g/mol. The van der Waals surface area contributed by atoms with Gasteiger partial charge in [0, 0.05) is 10.9 Å². The van der Waals surface area contributed by atoms with Gasteiger partial charge in [0.2, 0.25) is 0 Å². The molecule has 0 aliphatic rings. The first-order valence-corrected chi connectivity index (χ1v) is 13.4. The molecule has 0 spiro atoms. The molecule has 0 fully saturated rings. The first-order valence-electron chi connectivity index (χ1n) is 11.2. The van der Waals surface area contributed by atoms with Crippen LogP contribution in [0.1, 0.15) is 22.8 Å². The molecule has 1 amide bonds. The van der Waals surface area contributed by atoms with E-state index in [0.717, 1.165) is 6.07 Å². The van der Waals surface area contributed by atoms with Crippen molar-refractivity contribution in [3.63, 3.8) is 0 Å². The minimum absolute atomic E-state index is 0. The SMILES string of the molecule is CCOc1cccc(Cl)c1NC(=O)c1cc2ccccc2c(N=Nc2ccc(S(=O)(=O)O)c(Cl)c2C)c1[O-].[Na+]. The van der Waals surface area contributed by atoms with Crippen LogP contribution >= 0.6 is 23.2 Å². The van der Waals surface area contributed by atoms with E-state index < -0.39 is 26.7 Å². The predicted molar refractivity (Wildman–Crippen MR) is 144 cm³/mol. The standard InChI is InChI=1S/C26H21Cl2N3O6S.Na/c1-3-37-20-10-6-9-18(27)24(20)29-26(33)17-13-15-7-4-5-8-16(15)23(25(17)32)31-30-19-11-12-21(38(34,35)36)22(28)14(19)2;/h4-13,32H,3H2,1-2H3,(H,29,33)(H,34,35,36);/q;+1/p-1. The molecule has 0 bridgehead atoms. The van der Waals surface area contributed by atoms with Crippen molar-refractivity contribution in [1.82, 2.24) is 0 Å². The maximum Gasteiger partial charge on any atom is 1.00 e. The molecule has 0 saturated heterocycles. The van der Waals surface area contributed by atoms with Gasteiger partial charge in [0.15, 0.2) is 0 Å². The van der Waals surface area contributed by atoms with Gasteiger partial charge in [0.05, 0.1) is 28.0 Å². The van der Waals surface area contributed by atoms with Crippen molar-refractivity contribution < 1.29 is 57.2 Å². The number of carbonyl (C=O) groups excluding carboxylic acids is 1. The fourth-order valence-electron chi connectivity index (χ4n) is 3.72. The smallest absolute Gasteiger partial charge is 0.870 e. The van der Waals surface area contributed by atoms with Gasteiger partial charge < -0.3 is 15.2 Å². The Morgan fingerprint density at radius 2 is 1.79 bits per heavy atom. The Balaban J connectivity index is 0.00000420. The molecule has 4 aromatic rings. The Kier molecular flexibility index (Phi) is 10.0. The molecule has 9 nitrogen and oxygen atoms in total. The van der Waals surface area contributed by atoms with E-state index in [2.05, 4.69) is 15.5 Å². The van der Waals surface area contributed by atoms with Gasteiger partial charge in [-0.1, -0.05) is 59.3 Å². The zero-order valence-corrected chi connectivity index (χ0v) is 25.4. The fourth-order valence-corrected chi connectivity index (χ4v) is 5.01. The summed E-state index contributed by atoms with van der Waals surface area (Å²) in [6.07, 6.45) is 0. The number of amides is 1. The van der Waals surface area contributed by atoms with Crippen LogP contribution in [0.25, 0.3) is 10.8 Å². The van der Waals surface area contributed by atoms with Gasteiger partial charge in [0.1, 0.15) is 16.3 Å². The quantitative estimate of drug-likeness (QED) is 0.189. The van der Waals surface area contributed by atoms with Crippen LogP contribution in [0.4, 0.5) is 17.1 Å². The zero-order chi connectivity index (χ0) is 27.6. The van der Waals surface area contributed by atoms with Gasteiger partial charge in [-0.25, -0.2) is 0 Å². The Hall–Kier alpha value is -2.70. The Bertz CT molecular complexity index is 1710. The molecular formula is C26H20Cl2N3NaO6S. The average Bonchev–Trinajstić information content (AvgIpc) is 2.87. The number of ether oxygens (including phenoxy) is 1. The minimum Gasteiger partial charge on any atom is -0.870 e. The normalized spacial score (nSPS) is 11.4. The second kappa shape index (κ2) is 12.6. The molecule has 0 aliphatic heterocycles. The van der Waals surface area contributed by atoms with Crippen molar-refractivity contribution in [2.24, 2.45) is 10.2 Å². The number of nitrogens with one attached hydrogen (secondary N) is 1. The number of para-hydroxylation sites is 1. The number of nitrogens with zero attached hydrogens (tertiary/aromatic N) is 2. The van der Waals surface area contributed by atoms with Gasteiger partial charge >= 0.3 is 29.6 Å². The van der Waals surface area contributed by atoms with Gasteiger partial charge in [-0.15, -0.1) is 0 Å². The van der Waals surface area contributed by atoms with Gasteiger partial charge in [-0.05, 0) is 55.1 Å². The number of halogens is 2. The third kappa shape index (κ3) is 6.55. The minimum atomic E-state index is -4.54. The second-order valence-electron chi connectivity index (χ2n) is 8.02. The molecule has 0 unspecified atom stereocenters. The van der Waals surface area contributed by atoms with Crippen LogP contribution in [0, 0.1) is 6.92 Å². The van der Waals surface area contributed by atoms with Crippen LogP contribution in [-0.2, 0) is 10.1 Å². The number of rotatable bonds is 7. The van der Waals surface area contributed by atoms with Crippen LogP contribution < -0.4 is 44.7 Å². The zero-order valence-electron chi connectivity index (χ0n) is 21.0. The van der Waals surface area contributed by atoms with Crippen LogP contribution in [0.15, 0.2) is 75.8 Å². The number of hydrogen-bond donors (Lipinski definition) is 2. The van der Waals surface area contributed by atoms with Crippen molar-refractivity contribution in [3.8, 4) is 11.5 Å². The summed E-state index contributed by atoms with van der Waals surface area (Å²) in [6.45, 7) is 3.62. The van der Waals surface area contributed by atoms with E-state index in [4.69, 9.17) is 27.9 Å². The third-order valence-electron chi connectivity index (χ3n) is 5.59. The molecule has 4 rings (SSSR count). The fraction of sp³-hybridized carbons (Fsp3) is 0.115. The van der Waals surface area contributed by atoms with Gasteiger partial charge in [0.25, 0.3) is 16.0 Å². The van der Waals surface area contributed by atoms with Crippen LogP contribution in [0.5, 0.6) is 11.5 Å². The van der Waals surface area contributed by atoms with E-state index in [9.17, 15) is 22.9 Å². The Morgan fingerprint density at radius 1 is 1.08 bits per heavy atom. The summed E-state index contributed by atoms with van der Waals surface area (Å²) in [7, 11) is -4.54. The van der Waals surface area contributed by atoms with Crippen LogP contribution in [0.2, 0.25) is 10.0 Å². The third-order valence-corrected chi connectivity index (χ3v) is 7.40. The summed E-state index contributed by atoms with van der Waals surface area (Å²) in [6, 6.07) is 15.6. The van der Waals surface area contributed by atoms with E-state index in [1.165, 1.54) is 19.1 Å². The predicted octanol–water partition coefficient (Wildman–Crippen LogP) is 3.85. The molecule has 0 saturated carbocycles.